The van der Waals surface area contributed by atoms with E-state index in [2.05, 4.69) is 60.3 Å². The Labute approximate surface area is 152 Å². The molecule has 7 rings (SSSR count). The average Bonchev–Trinajstić information content (AvgIpc) is 3.23. The van der Waals surface area contributed by atoms with Crippen LogP contribution in [-0.4, -0.2) is 5.25 Å². The van der Waals surface area contributed by atoms with E-state index in [-0.39, 0.29) is 0 Å². The molecule has 4 aliphatic carbocycles. The third-order valence-corrected chi connectivity index (χ3v) is 8.02. The van der Waals surface area contributed by atoms with Crippen molar-refractivity contribution in [2.45, 2.75) is 35.8 Å². The van der Waals surface area contributed by atoms with E-state index in [0.29, 0.717) is 11.2 Å². The highest BCUT2D eigenvalue weighted by Crippen LogP contribution is 2.55. The number of aryl methyl sites for hydroxylation is 2. The standard InChI is InChI=1S/C24H18S/c1-3-15-7-11-19-23-17(9-5-13(1)21(15)23)18-10-6-14-2-4-16-8-12-20(25-19)24(18)22(14)16/h5-13,19H,1-4H2. The van der Waals surface area contributed by atoms with Gasteiger partial charge in [-0.3, -0.25) is 0 Å². The number of thioether (sulfide) groups is 1. The second-order valence-electron chi connectivity index (χ2n) is 7.91. The van der Waals surface area contributed by atoms with Gasteiger partial charge < -0.3 is 0 Å². The summed E-state index contributed by atoms with van der Waals surface area (Å²) < 4.78 is 0. The van der Waals surface area contributed by atoms with Crippen LogP contribution in [-0.2, 0) is 12.8 Å². The van der Waals surface area contributed by atoms with Crippen molar-refractivity contribution in [2.75, 3.05) is 0 Å². The monoisotopic (exact) mass is 338 g/mol. The van der Waals surface area contributed by atoms with E-state index in [1.165, 1.54) is 47.1 Å². The third kappa shape index (κ3) is 1.53. The third-order valence-electron chi connectivity index (χ3n) is 6.78. The molecule has 1 heterocycles. The summed E-state index contributed by atoms with van der Waals surface area (Å²) in [6, 6.07) is 9.60. The molecular formula is C24H18S. The molecule has 2 aromatic rings. The summed E-state index contributed by atoms with van der Waals surface area (Å²) in [6.07, 6.45) is 14.8. The molecule has 0 nitrogen and oxygen atoms in total. The molecule has 0 radical (unpaired) electrons. The van der Waals surface area contributed by atoms with Crippen LogP contribution in [0.3, 0.4) is 0 Å². The number of hydrogen-bond acceptors (Lipinski definition) is 1. The van der Waals surface area contributed by atoms with Crippen LogP contribution in [0.4, 0.5) is 0 Å². The summed E-state index contributed by atoms with van der Waals surface area (Å²) in [5, 5.41) is 3.57. The minimum atomic E-state index is 0.477. The van der Waals surface area contributed by atoms with Gasteiger partial charge in [-0.2, -0.15) is 0 Å². The zero-order valence-electron chi connectivity index (χ0n) is 14.0. The SMILES string of the molecule is C1=CC2Sc3ccc4c5c(ccc(c35)C3=C2C2=C1CCC2C=C3)CC4. The van der Waals surface area contributed by atoms with Gasteiger partial charge in [0.05, 0.1) is 5.25 Å². The Bertz CT molecular complexity index is 1110. The normalized spacial score (nSPS) is 27.4. The predicted octanol–water partition coefficient (Wildman–Crippen LogP) is 6.01. The molecule has 0 saturated carbocycles. The van der Waals surface area contributed by atoms with Crippen LogP contribution in [0.2, 0.25) is 0 Å². The summed E-state index contributed by atoms with van der Waals surface area (Å²) in [6.45, 7) is 0. The van der Waals surface area contributed by atoms with Gasteiger partial charge in [-0.05, 0) is 76.1 Å². The summed E-state index contributed by atoms with van der Waals surface area (Å²) in [5.41, 5.74) is 11.0. The first kappa shape index (κ1) is 13.2. The first-order chi connectivity index (χ1) is 12.4. The van der Waals surface area contributed by atoms with Crippen LogP contribution >= 0.6 is 11.8 Å². The number of allylic oxidation sites excluding steroid dienone is 6. The summed E-state index contributed by atoms with van der Waals surface area (Å²) >= 11 is 2.08. The van der Waals surface area contributed by atoms with Gasteiger partial charge in [0.1, 0.15) is 0 Å². The molecule has 0 N–H and O–H groups in total. The minimum absolute atomic E-state index is 0.477. The fourth-order valence-corrected chi connectivity index (χ4v) is 6.99. The predicted molar refractivity (Wildman–Crippen MR) is 106 cm³/mol. The Morgan fingerprint density at radius 2 is 1.68 bits per heavy atom. The average molecular weight is 338 g/mol. The Hall–Kier alpha value is -1.99. The topological polar surface area (TPSA) is 0 Å². The number of benzene rings is 2. The van der Waals surface area contributed by atoms with Gasteiger partial charge in [-0.25, -0.2) is 0 Å². The smallest absolute Gasteiger partial charge is 0.0537 e. The quantitative estimate of drug-likeness (QED) is 0.566. The van der Waals surface area contributed by atoms with Crippen molar-refractivity contribution in [3.8, 4) is 0 Å². The molecule has 25 heavy (non-hydrogen) atoms. The van der Waals surface area contributed by atoms with Crippen LogP contribution in [0.25, 0.3) is 16.3 Å². The van der Waals surface area contributed by atoms with Gasteiger partial charge in [0.2, 0.25) is 0 Å². The molecule has 0 amide bonds. The van der Waals surface area contributed by atoms with Crippen LogP contribution in [0, 0.1) is 5.92 Å². The lowest BCUT2D eigenvalue weighted by Gasteiger charge is -2.29. The molecular weight excluding hydrogens is 320 g/mol. The second-order valence-corrected chi connectivity index (χ2v) is 9.10. The highest BCUT2D eigenvalue weighted by atomic mass is 32.2. The highest BCUT2D eigenvalue weighted by Gasteiger charge is 2.37. The molecule has 0 bridgehead atoms. The van der Waals surface area contributed by atoms with Gasteiger partial charge >= 0.3 is 0 Å². The Morgan fingerprint density at radius 3 is 2.60 bits per heavy atom. The molecule has 120 valence electrons. The summed E-state index contributed by atoms with van der Waals surface area (Å²) in [4.78, 5) is 1.48. The van der Waals surface area contributed by atoms with E-state index >= 15 is 0 Å². The van der Waals surface area contributed by atoms with Crippen molar-refractivity contribution in [3.63, 3.8) is 0 Å². The van der Waals surface area contributed by atoms with Gasteiger partial charge in [-0.15, -0.1) is 11.8 Å². The fourth-order valence-electron chi connectivity index (χ4n) is 5.71. The number of hydrogen-bond donors (Lipinski definition) is 0. The highest BCUT2D eigenvalue weighted by molar-refractivity contribution is 8.00. The maximum absolute atomic E-state index is 2.48. The zero-order valence-corrected chi connectivity index (χ0v) is 14.8. The first-order valence-electron chi connectivity index (χ1n) is 9.47. The van der Waals surface area contributed by atoms with Crippen molar-refractivity contribution in [3.05, 3.63) is 82.0 Å². The largest absolute Gasteiger partial charge is 0.113 e. The number of rotatable bonds is 0. The van der Waals surface area contributed by atoms with Crippen molar-refractivity contribution >= 4 is 28.1 Å². The van der Waals surface area contributed by atoms with Crippen LogP contribution in [0.1, 0.15) is 29.5 Å². The fraction of sp³-hybridized carbons (Fsp3) is 0.250. The van der Waals surface area contributed by atoms with Crippen molar-refractivity contribution in [2.24, 2.45) is 5.92 Å². The van der Waals surface area contributed by atoms with E-state index in [4.69, 9.17) is 0 Å². The van der Waals surface area contributed by atoms with Gasteiger partial charge in [0, 0.05) is 16.2 Å². The van der Waals surface area contributed by atoms with E-state index in [1.807, 2.05) is 0 Å². The lowest BCUT2D eigenvalue weighted by molar-refractivity contribution is 0.739. The molecule has 5 aliphatic rings. The molecule has 2 aromatic carbocycles. The molecule has 0 spiro atoms. The van der Waals surface area contributed by atoms with E-state index in [1.54, 1.807) is 33.2 Å². The van der Waals surface area contributed by atoms with Gasteiger partial charge in [0.15, 0.2) is 0 Å². The van der Waals surface area contributed by atoms with E-state index in [9.17, 15) is 0 Å². The Morgan fingerprint density at radius 1 is 0.800 bits per heavy atom. The summed E-state index contributed by atoms with van der Waals surface area (Å²) in [5.74, 6) is 0.657. The van der Waals surface area contributed by atoms with Crippen molar-refractivity contribution < 1.29 is 0 Å². The molecule has 0 fully saturated rings. The Kier molecular flexibility index (Phi) is 2.33. The molecule has 2 unspecified atom stereocenters. The van der Waals surface area contributed by atoms with Gasteiger partial charge in [0.25, 0.3) is 0 Å². The maximum atomic E-state index is 2.48. The molecule has 2 atom stereocenters. The molecule has 0 saturated heterocycles. The van der Waals surface area contributed by atoms with Crippen LogP contribution in [0.5, 0.6) is 0 Å². The lowest BCUT2D eigenvalue weighted by Crippen LogP contribution is -2.16. The van der Waals surface area contributed by atoms with Crippen LogP contribution < -0.4 is 0 Å². The zero-order chi connectivity index (χ0) is 16.1. The lowest BCUT2D eigenvalue weighted by atomic mass is 9.78. The molecule has 1 heteroatoms. The van der Waals surface area contributed by atoms with E-state index < -0.39 is 0 Å². The number of fused-ring (bicyclic) bond motifs is 1. The van der Waals surface area contributed by atoms with Crippen molar-refractivity contribution in [1.82, 2.24) is 0 Å². The minimum Gasteiger partial charge on any atom is -0.113 e. The first-order valence-corrected chi connectivity index (χ1v) is 10.3. The van der Waals surface area contributed by atoms with Crippen LogP contribution in [0.15, 0.2) is 70.2 Å². The maximum Gasteiger partial charge on any atom is 0.0537 e. The summed E-state index contributed by atoms with van der Waals surface area (Å²) in [7, 11) is 0. The molecule has 0 aromatic heterocycles. The van der Waals surface area contributed by atoms with E-state index in [0.717, 1.165) is 0 Å². The van der Waals surface area contributed by atoms with Gasteiger partial charge in [-0.1, -0.05) is 42.5 Å². The second kappa shape index (κ2) is 4.40. The van der Waals surface area contributed by atoms with Crippen molar-refractivity contribution in [1.29, 1.82) is 0 Å². The molecule has 1 aliphatic heterocycles. The Balaban J connectivity index is 1.64.